The average Bonchev–Trinajstić information content (AvgIpc) is 2.85. The van der Waals surface area contributed by atoms with Crippen LogP contribution in [-0.2, 0) is 6.42 Å². The summed E-state index contributed by atoms with van der Waals surface area (Å²) in [7, 11) is 0. The fourth-order valence-corrected chi connectivity index (χ4v) is 2.53. The van der Waals surface area contributed by atoms with Crippen molar-refractivity contribution in [2.24, 2.45) is 0 Å². The normalized spacial score (nSPS) is 19.1. The molecule has 2 heterocycles. The Labute approximate surface area is 89.7 Å². The van der Waals surface area contributed by atoms with Gasteiger partial charge in [-0.3, -0.25) is 0 Å². The number of fused-ring (bicyclic) bond motifs is 1. The molecule has 2 N–H and O–H groups in total. The number of hydrogen-bond donors (Lipinski definition) is 2. The van der Waals surface area contributed by atoms with Crippen molar-refractivity contribution in [2.75, 3.05) is 29.9 Å². The van der Waals surface area contributed by atoms with Gasteiger partial charge >= 0.3 is 0 Å². The first-order valence-electron chi connectivity index (χ1n) is 5.69. The number of hydrogen-bond acceptors (Lipinski definition) is 3. The zero-order valence-corrected chi connectivity index (χ0v) is 8.79. The first-order chi connectivity index (χ1) is 7.34. The number of aromatic hydroxyl groups is 1. The molecule has 2 aliphatic rings. The van der Waals surface area contributed by atoms with Gasteiger partial charge in [0.2, 0.25) is 0 Å². The van der Waals surface area contributed by atoms with Crippen molar-refractivity contribution in [2.45, 2.75) is 19.3 Å². The molecule has 2 aliphatic heterocycles. The van der Waals surface area contributed by atoms with Crippen molar-refractivity contribution in [3.63, 3.8) is 0 Å². The van der Waals surface area contributed by atoms with E-state index in [9.17, 15) is 5.11 Å². The van der Waals surface area contributed by atoms with E-state index in [1.54, 1.807) is 0 Å². The first-order valence-corrected chi connectivity index (χ1v) is 5.69. The molecule has 0 atom stereocenters. The maximum atomic E-state index is 9.97. The van der Waals surface area contributed by atoms with Crippen LogP contribution < -0.4 is 10.2 Å². The molecular formula is C12H16N2O. The number of rotatable bonds is 1. The van der Waals surface area contributed by atoms with Crippen LogP contribution in [-0.4, -0.2) is 24.7 Å². The quantitative estimate of drug-likeness (QED) is 0.686. The average molecular weight is 204 g/mol. The highest BCUT2D eigenvalue weighted by molar-refractivity contribution is 5.71. The molecule has 80 valence electrons. The van der Waals surface area contributed by atoms with Gasteiger partial charge in [-0.2, -0.15) is 0 Å². The molecule has 1 fully saturated rings. The van der Waals surface area contributed by atoms with Crippen molar-refractivity contribution < 1.29 is 5.11 Å². The highest BCUT2D eigenvalue weighted by Gasteiger charge is 2.19. The van der Waals surface area contributed by atoms with Crippen LogP contribution in [0.5, 0.6) is 5.75 Å². The molecule has 15 heavy (non-hydrogen) atoms. The number of benzene rings is 1. The van der Waals surface area contributed by atoms with Crippen molar-refractivity contribution in [3.05, 3.63) is 17.7 Å². The Bertz CT molecular complexity index is 383. The van der Waals surface area contributed by atoms with E-state index in [0.29, 0.717) is 5.75 Å². The predicted molar refractivity (Wildman–Crippen MR) is 61.7 cm³/mol. The van der Waals surface area contributed by atoms with Gasteiger partial charge in [0.1, 0.15) is 5.75 Å². The van der Waals surface area contributed by atoms with E-state index in [1.165, 1.54) is 24.1 Å². The Morgan fingerprint density at radius 3 is 2.80 bits per heavy atom. The number of anilines is 2. The topological polar surface area (TPSA) is 35.5 Å². The molecule has 0 aliphatic carbocycles. The van der Waals surface area contributed by atoms with Crippen LogP contribution in [0, 0.1) is 0 Å². The largest absolute Gasteiger partial charge is 0.506 e. The zero-order valence-electron chi connectivity index (χ0n) is 8.79. The van der Waals surface area contributed by atoms with E-state index >= 15 is 0 Å². The van der Waals surface area contributed by atoms with Gasteiger partial charge in [0.25, 0.3) is 0 Å². The molecule has 0 saturated carbocycles. The summed E-state index contributed by atoms with van der Waals surface area (Å²) in [5.74, 6) is 0.444. The molecule has 1 saturated heterocycles. The zero-order chi connectivity index (χ0) is 10.3. The summed E-state index contributed by atoms with van der Waals surface area (Å²) < 4.78 is 0. The van der Waals surface area contributed by atoms with Crippen LogP contribution in [0.1, 0.15) is 18.4 Å². The number of nitrogens with zero attached hydrogens (tertiary/aromatic N) is 1. The summed E-state index contributed by atoms with van der Waals surface area (Å²) in [6.07, 6.45) is 3.51. The van der Waals surface area contributed by atoms with Crippen molar-refractivity contribution in [1.29, 1.82) is 0 Å². The molecule has 3 heteroatoms. The summed E-state index contributed by atoms with van der Waals surface area (Å²) in [4.78, 5) is 2.27. The van der Waals surface area contributed by atoms with E-state index in [0.717, 1.165) is 31.7 Å². The van der Waals surface area contributed by atoms with E-state index in [2.05, 4.69) is 16.3 Å². The molecule has 0 unspecified atom stereocenters. The molecular weight excluding hydrogens is 188 g/mol. The summed E-state index contributed by atoms with van der Waals surface area (Å²) in [6.45, 7) is 3.15. The van der Waals surface area contributed by atoms with Gasteiger partial charge in [0.15, 0.2) is 0 Å². The third kappa shape index (κ3) is 1.42. The molecule has 0 bridgehead atoms. The maximum absolute atomic E-state index is 9.97. The van der Waals surface area contributed by atoms with Crippen LogP contribution in [0.15, 0.2) is 12.1 Å². The fraction of sp³-hybridized carbons (Fsp3) is 0.500. The van der Waals surface area contributed by atoms with Crippen LogP contribution in [0.2, 0.25) is 0 Å². The molecule has 1 aromatic carbocycles. The Balaban J connectivity index is 2.00. The lowest BCUT2D eigenvalue weighted by molar-refractivity contribution is 0.474. The SMILES string of the molecule is Oc1cc2c(cc1N1CCCC1)NCC2. The maximum Gasteiger partial charge on any atom is 0.139 e. The highest BCUT2D eigenvalue weighted by atomic mass is 16.3. The van der Waals surface area contributed by atoms with Crippen molar-refractivity contribution >= 4 is 11.4 Å². The van der Waals surface area contributed by atoms with Gasteiger partial charge in [-0.05, 0) is 37.0 Å². The van der Waals surface area contributed by atoms with Gasteiger partial charge in [0.05, 0.1) is 5.69 Å². The van der Waals surface area contributed by atoms with E-state index in [1.807, 2.05) is 6.07 Å². The monoisotopic (exact) mass is 204 g/mol. The van der Waals surface area contributed by atoms with Crippen molar-refractivity contribution in [3.8, 4) is 5.75 Å². The minimum absolute atomic E-state index is 0.444. The third-order valence-electron chi connectivity index (χ3n) is 3.36. The van der Waals surface area contributed by atoms with Gasteiger partial charge in [-0.1, -0.05) is 0 Å². The van der Waals surface area contributed by atoms with Gasteiger partial charge in [0, 0.05) is 25.3 Å². The minimum atomic E-state index is 0.444. The van der Waals surface area contributed by atoms with Crippen molar-refractivity contribution in [1.82, 2.24) is 0 Å². The number of nitrogens with one attached hydrogen (secondary N) is 1. The smallest absolute Gasteiger partial charge is 0.139 e. The summed E-state index contributed by atoms with van der Waals surface area (Å²) in [5, 5.41) is 13.3. The second-order valence-corrected chi connectivity index (χ2v) is 4.37. The lowest BCUT2D eigenvalue weighted by Crippen LogP contribution is -2.17. The third-order valence-corrected chi connectivity index (χ3v) is 3.36. The fourth-order valence-electron chi connectivity index (χ4n) is 2.53. The minimum Gasteiger partial charge on any atom is -0.506 e. The summed E-state index contributed by atoms with van der Waals surface area (Å²) in [6, 6.07) is 4.02. The molecule has 0 spiro atoms. The Morgan fingerprint density at radius 1 is 1.20 bits per heavy atom. The van der Waals surface area contributed by atoms with Gasteiger partial charge < -0.3 is 15.3 Å². The molecule has 0 amide bonds. The second-order valence-electron chi connectivity index (χ2n) is 4.37. The Kier molecular flexibility index (Phi) is 1.97. The predicted octanol–water partition coefficient (Wildman–Crippen LogP) is 1.96. The number of phenolic OH excluding ortho intramolecular Hbond substituents is 1. The summed E-state index contributed by atoms with van der Waals surface area (Å²) >= 11 is 0. The molecule has 1 aromatic rings. The second kappa shape index (κ2) is 3.33. The van der Waals surface area contributed by atoms with Crippen LogP contribution in [0.4, 0.5) is 11.4 Å². The highest BCUT2D eigenvalue weighted by Crippen LogP contribution is 2.37. The first kappa shape index (κ1) is 8.89. The Hall–Kier alpha value is -1.38. The van der Waals surface area contributed by atoms with Gasteiger partial charge in [-0.15, -0.1) is 0 Å². The van der Waals surface area contributed by atoms with Crippen LogP contribution in [0.3, 0.4) is 0 Å². The van der Waals surface area contributed by atoms with Gasteiger partial charge in [-0.25, -0.2) is 0 Å². The van der Waals surface area contributed by atoms with E-state index in [-0.39, 0.29) is 0 Å². The molecule has 0 aromatic heterocycles. The molecule has 3 rings (SSSR count). The lowest BCUT2D eigenvalue weighted by Gasteiger charge is -2.20. The number of phenols is 1. The van der Waals surface area contributed by atoms with E-state index in [4.69, 9.17) is 0 Å². The summed E-state index contributed by atoms with van der Waals surface area (Å²) in [5.41, 5.74) is 3.45. The molecule has 3 nitrogen and oxygen atoms in total. The van der Waals surface area contributed by atoms with E-state index < -0.39 is 0 Å². The van der Waals surface area contributed by atoms with Crippen LogP contribution in [0.25, 0.3) is 0 Å². The molecule has 0 radical (unpaired) electrons. The Morgan fingerprint density at radius 2 is 2.00 bits per heavy atom. The lowest BCUT2D eigenvalue weighted by atomic mass is 10.1. The standard InChI is InChI=1S/C12H16N2O/c15-12-7-9-3-4-13-10(9)8-11(12)14-5-1-2-6-14/h7-8,13,15H,1-6H2. The van der Waals surface area contributed by atoms with Crippen LogP contribution >= 0.6 is 0 Å².